The van der Waals surface area contributed by atoms with Crippen molar-refractivity contribution >= 4 is 23.5 Å². The van der Waals surface area contributed by atoms with Crippen molar-refractivity contribution in [2.75, 3.05) is 5.32 Å². The maximum absolute atomic E-state index is 5.91. The minimum atomic E-state index is 0.163. The van der Waals surface area contributed by atoms with Gasteiger partial charge in [0.15, 0.2) is 0 Å². The number of rotatable bonds is 3. The van der Waals surface area contributed by atoms with E-state index in [4.69, 9.17) is 11.6 Å². The van der Waals surface area contributed by atoms with Crippen LogP contribution in [0.15, 0.2) is 29.3 Å². The molecular weight excluding hydrogens is 288 g/mol. The fourth-order valence-corrected chi connectivity index (χ4v) is 2.34. The molecule has 0 aromatic carbocycles. The normalized spacial score (nSPS) is 17.7. The highest BCUT2D eigenvalue weighted by molar-refractivity contribution is 6.31. The van der Waals surface area contributed by atoms with Crippen LogP contribution in [0, 0.1) is 13.8 Å². The summed E-state index contributed by atoms with van der Waals surface area (Å²) in [4.78, 5) is 13.0. The molecule has 2 aromatic rings. The van der Waals surface area contributed by atoms with Crippen molar-refractivity contribution in [3.05, 3.63) is 46.5 Å². The molecule has 2 heterocycles. The third kappa shape index (κ3) is 3.28. The Hall–Kier alpha value is -2.21. The van der Waals surface area contributed by atoms with E-state index in [-0.39, 0.29) is 5.92 Å². The van der Waals surface area contributed by atoms with E-state index in [0.717, 1.165) is 28.7 Å². The molecule has 0 aliphatic heterocycles. The Morgan fingerprint density at radius 3 is 2.62 bits per heavy atom. The number of hydrogen-bond acceptors (Lipinski definition) is 5. The lowest BCUT2D eigenvalue weighted by atomic mass is 10.0. The molecule has 0 bridgehead atoms. The fourth-order valence-electron chi connectivity index (χ4n) is 2.17. The lowest BCUT2D eigenvalue weighted by Gasteiger charge is -2.10. The molecule has 0 spiro atoms. The minimum absolute atomic E-state index is 0.163. The largest absolute Gasteiger partial charge is 0.291 e. The summed E-state index contributed by atoms with van der Waals surface area (Å²) < 4.78 is 0. The summed E-state index contributed by atoms with van der Waals surface area (Å²) in [6.07, 6.45) is 6.66. The van der Waals surface area contributed by atoms with Gasteiger partial charge in [-0.1, -0.05) is 23.8 Å². The molecule has 108 valence electrons. The number of aromatic nitrogens is 5. The Morgan fingerprint density at radius 1 is 1.19 bits per heavy atom. The van der Waals surface area contributed by atoms with Gasteiger partial charge in [0.25, 0.3) is 0 Å². The van der Waals surface area contributed by atoms with Crippen LogP contribution < -0.4 is 5.32 Å². The molecular formula is C14H15ClN6. The van der Waals surface area contributed by atoms with E-state index in [9.17, 15) is 0 Å². The second-order valence-corrected chi connectivity index (χ2v) is 5.37. The molecule has 21 heavy (non-hydrogen) atoms. The van der Waals surface area contributed by atoms with E-state index in [1.807, 2.05) is 38.1 Å². The second-order valence-electron chi connectivity index (χ2n) is 4.93. The number of aryl methyl sites for hydroxylation is 2. The Morgan fingerprint density at radius 2 is 1.95 bits per heavy atom. The number of anilines is 2. The first-order valence-corrected chi connectivity index (χ1v) is 7.03. The number of hydrogen-bond donors (Lipinski definition) is 2. The molecule has 1 unspecified atom stereocenters. The van der Waals surface area contributed by atoms with Crippen LogP contribution in [0.3, 0.4) is 0 Å². The summed E-state index contributed by atoms with van der Waals surface area (Å²) in [5.74, 6) is 1.92. The summed E-state index contributed by atoms with van der Waals surface area (Å²) in [5, 5.41) is 10.9. The average Bonchev–Trinajstić information content (AvgIpc) is 2.87. The second kappa shape index (κ2) is 5.65. The first kappa shape index (κ1) is 13.8. The van der Waals surface area contributed by atoms with Crippen LogP contribution in [-0.4, -0.2) is 25.1 Å². The van der Waals surface area contributed by atoms with Gasteiger partial charge >= 0.3 is 0 Å². The predicted molar refractivity (Wildman–Crippen MR) is 81.6 cm³/mol. The lowest BCUT2D eigenvalue weighted by molar-refractivity contribution is 0.776. The molecule has 2 N–H and O–H groups in total. The van der Waals surface area contributed by atoms with Gasteiger partial charge in [0.05, 0.1) is 0 Å². The summed E-state index contributed by atoms with van der Waals surface area (Å²) >= 11 is 5.91. The van der Waals surface area contributed by atoms with Crippen LogP contribution in [0.1, 0.15) is 29.6 Å². The summed E-state index contributed by atoms with van der Waals surface area (Å²) in [6, 6.07) is 1.91. The van der Waals surface area contributed by atoms with Crippen LogP contribution in [0.4, 0.5) is 11.9 Å². The molecule has 0 saturated heterocycles. The van der Waals surface area contributed by atoms with Gasteiger partial charge in [-0.2, -0.15) is 4.98 Å². The highest BCUT2D eigenvalue weighted by atomic mass is 35.5. The van der Waals surface area contributed by atoms with Crippen molar-refractivity contribution in [3.8, 4) is 0 Å². The maximum Gasteiger partial charge on any atom is 0.248 e. The molecule has 1 atom stereocenters. The first-order valence-electron chi connectivity index (χ1n) is 6.65. The number of halogens is 1. The van der Waals surface area contributed by atoms with E-state index in [0.29, 0.717) is 11.9 Å². The molecule has 0 fully saturated rings. The SMILES string of the molecule is Cc1cc(C)nc(Nc2n[nH]c(C3C=CC(Cl)=CC3)n2)n1. The lowest BCUT2D eigenvalue weighted by Crippen LogP contribution is -2.02. The molecule has 2 aromatic heterocycles. The van der Waals surface area contributed by atoms with Gasteiger partial charge in [-0.25, -0.2) is 9.97 Å². The molecule has 3 rings (SSSR count). The third-order valence-electron chi connectivity index (χ3n) is 3.11. The van der Waals surface area contributed by atoms with Gasteiger partial charge in [0.1, 0.15) is 5.82 Å². The smallest absolute Gasteiger partial charge is 0.248 e. The number of nitrogens with zero attached hydrogens (tertiary/aromatic N) is 4. The van der Waals surface area contributed by atoms with Crippen LogP contribution in [0.2, 0.25) is 0 Å². The van der Waals surface area contributed by atoms with E-state index in [1.54, 1.807) is 0 Å². The fraction of sp³-hybridized carbons (Fsp3) is 0.286. The van der Waals surface area contributed by atoms with Crippen molar-refractivity contribution in [2.45, 2.75) is 26.2 Å². The van der Waals surface area contributed by atoms with E-state index < -0.39 is 0 Å². The van der Waals surface area contributed by atoms with E-state index in [2.05, 4.69) is 30.5 Å². The van der Waals surface area contributed by atoms with Gasteiger partial charge in [0.2, 0.25) is 11.9 Å². The van der Waals surface area contributed by atoms with Crippen LogP contribution in [0.25, 0.3) is 0 Å². The topological polar surface area (TPSA) is 79.4 Å². The Balaban J connectivity index is 1.75. The summed E-state index contributed by atoms with van der Waals surface area (Å²) in [5.41, 5.74) is 1.80. The van der Waals surface area contributed by atoms with E-state index >= 15 is 0 Å². The molecule has 1 aliphatic carbocycles. The Bertz CT molecular complexity index is 698. The maximum atomic E-state index is 5.91. The number of nitrogens with one attached hydrogen (secondary N) is 2. The highest BCUT2D eigenvalue weighted by Gasteiger charge is 2.15. The predicted octanol–water partition coefficient (Wildman–Crippen LogP) is 3.12. The first-order chi connectivity index (χ1) is 10.1. The molecule has 0 radical (unpaired) electrons. The quantitative estimate of drug-likeness (QED) is 0.910. The van der Waals surface area contributed by atoms with Gasteiger partial charge in [-0.05, 0) is 32.4 Å². The summed E-state index contributed by atoms with van der Waals surface area (Å²) in [6.45, 7) is 3.85. The monoisotopic (exact) mass is 302 g/mol. The number of H-pyrrole nitrogens is 1. The van der Waals surface area contributed by atoms with Crippen molar-refractivity contribution < 1.29 is 0 Å². The van der Waals surface area contributed by atoms with Gasteiger partial charge in [-0.3, -0.25) is 10.4 Å². The van der Waals surface area contributed by atoms with Crippen LogP contribution >= 0.6 is 11.6 Å². The zero-order valence-corrected chi connectivity index (χ0v) is 12.5. The molecule has 6 nitrogen and oxygen atoms in total. The van der Waals surface area contributed by atoms with Crippen molar-refractivity contribution in [2.24, 2.45) is 0 Å². The molecule has 0 saturated carbocycles. The van der Waals surface area contributed by atoms with Crippen molar-refractivity contribution in [1.29, 1.82) is 0 Å². The highest BCUT2D eigenvalue weighted by Crippen LogP contribution is 2.26. The zero-order chi connectivity index (χ0) is 14.8. The Kier molecular flexibility index (Phi) is 3.70. The summed E-state index contributed by atoms with van der Waals surface area (Å²) in [7, 11) is 0. The van der Waals surface area contributed by atoms with Crippen LogP contribution in [-0.2, 0) is 0 Å². The standard InChI is InChI=1S/C14H15ClN6/c1-8-7-9(2)17-13(16-8)19-14-18-12(20-21-14)10-3-5-11(15)6-4-10/h3,5-7,10H,4H2,1-2H3,(H2,16,17,18,19,20,21). The van der Waals surface area contributed by atoms with Crippen LogP contribution in [0.5, 0.6) is 0 Å². The molecule has 1 aliphatic rings. The van der Waals surface area contributed by atoms with Gasteiger partial charge in [0, 0.05) is 22.3 Å². The average molecular weight is 303 g/mol. The van der Waals surface area contributed by atoms with Crippen molar-refractivity contribution in [3.63, 3.8) is 0 Å². The number of aromatic amines is 1. The molecule has 0 amide bonds. The zero-order valence-electron chi connectivity index (χ0n) is 11.8. The Labute approximate surface area is 127 Å². The minimum Gasteiger partial charge on any atom is -0.291 e. The third-order valence-corrected chi connectivity index (χ3v) is 3.39. The van der Waals surface area contributed by atoms with E-state index in [1.165, 1.54) is 0 Å². The molecule has 7 heteroatoms. The number of allylic oxidation sites excluding steroid dienone is 4. The van der Waals surface area contributed by atoms with Gasteiger partial charge in [-0.15, -0.1) is 5.10 Å². The van der Waals surface area contributed by atoms with Crippen molar-refractivity contribution in [1.82, 2.24) is 25.1 Å². The van der Waals surface area contributed by atoms with Gasteiger partial charge < -0.3 is 0 Å².